The number of hydrogen-bond acceptors (Lipinski definition) is 5. The summed E-state index contributed by atoms with van der Waals surface area (Å²) in [5.41, 5.74) is -0.284. The number of thiophene rings is 1. The van der Waals surface area contributed by atoms with Crippen LogP contribution in [0.3, 0.4) is 0 Å². The minimum atomic E-state index is -4.00. The van der Waals surface area contributed by atoms with E-state index < -0.39 is 20.6 Å². The Morgan fingerprint density at radius 2 is 1.81 bits per heavy atom. The quantitative estimate of drug-likeness (QED) is 0.621. The maximum absolute atomic E-state index is 12.1. The van der Waals surface area contributed by atoms with Crippen LogP contribution < -0.4 is 4.72 Å². The van der Waals surface area contributed by atoms with Crippen LogP contribution in [0, 0.1) is 10.1 Å². The largest absolute Gasteiger partial charge is 0.300 e. The molecular formula is C10H5Cl3N2O4S2. The van der Waals surface area contributed by atoms with Crippen molar-refractivity contribution in [2.45, 2.75) is 4.21 Å². The fraction of sp³-hybridized carbons (Fsp3) is 0. The minimum absolute atomic E-state index is 0.173. The van der Waals surface area contributed by atoms with Gasteiger partial charge < -0.3 is 0 Å². The Bertz CT molecular complexity index is 820. The van der Waals surface area contributed by atoms with E-state index in [4.69, 9.17) is 34.8 Å². The first kappa shape index (κ1) is 16.3. The molecule has 0 saturated carbocycles. The summed E-state index contributed by atoms with van der Waals surface area (Å²) in [6.45, 7) is 0. The molecule has 112 valence electrons. The van der Waals surface area contributed by atoms with Crippen LogP contribution in [0.2, 0.25) is 14.4 Å². The third-order valence-electron chi connectivity index (χ3n) is 2.28. The van der Waals surface area contributed by atoms with Crippen molar-refractivity contribution in [2.75, 3.05) is 4.72 Å². The molecule has 2 aromatic rings. The van der Waals surface area contributed by atoms with Crippen LogP contribution in [-0.4, -0.2) is 13.3 Å². The molecule has 1 heterocycles. The number of benzene rings is 1. The molecular weight excluding hydrogens is 383 g/mol. The summed E-state index contributed by atoms with van der Waals surface area (Å²) in [6.07, 6.45) is 0. The molecule has 0 amide bonds. The highest BCUT2D eigenvalue weighted by molar-refractivity contribution is 7.94. The number of nitro groups is 1. The topological polar surface area (TPSA) is 89.3 Å². The highest BCUT2D eigenvalue weighted by Gasteiger charge is 2.25. The fourth-order valence-electron chi connectivity index (χ4n) is 1.36. The van der Waals surface area contributed by atoms with Crippen LogP contribution in [0.25, 0.3) is 0 Å². The van der Waals surface area contributed by atoms with Gasteiger partial charge in [0.25, 0.3) is 15.7 Å². The van der Waals surface area contributed by atoms with Crippen molar-refractivity contribution in [1.29, 1.82) is 0 Å². The molecule has 0 aliphatic carbocycles. The second-order valence-corrected chi connectivity index (χ2v) is 8.09. The SMILES string of the molecule is O=[N+]([O-])c1cc(S(=O)(=O)Nc2ccc(Cl)c(Cl)c2)sc1Cl. The smallest absolute Gasteiger partial charge is 0.279 e. The monoisotopic (exact) mass is 386 g/mol. The molecule has 0 aliphatic rings. The average Bonchev–Trinajstić information content (AvgIpc) is 2.77. The van der Waals surface area contributed by atoms with Gasteiger partial charge in [-0.15, -0.1) is 11.3 Å². The van der Waals surface area contributed by atoms with Gasteiger partial charge in [-0.1, -0.05) is 34.8 Å². The molecule has 0 saturated heterocycles. The number of rotatable bonds is 4. The van der Waals surface area contributed by atoms with Gasteiger partial charge in [0, 0.05) is 6.07 Å². The summed E-state index contributed by atoms with van der Waals surface area (Å²) in [6, 6.07) is 5.05. The Morgan fingerprint density at radius 1 is 1.14 bits per heavy atom. The molecule has 1 aromatic carbocycles. The molecule has 11 heteroatoms. The summed E-state index contributed by atoms with van der Waals surface area (Å²) in [7, 11) is -4.00. The second-order valence-electron chi connectivity index (χ2n) is 3.72. The molecule has 2 rings (SSSR count). The molecule has 0 spiro atoms. The van der Waals surface area contributed by atoms with E-state index >= 15 is 0 Å². The van der Waals surface area contributed by atoms with Gasteiger partial charge >= 0.3 is 0 Å². The Labute approximate surface area is 138 Å². The van der Waals surface area contributed by atoms with E-state index in [1.54, 1.807) is 0 Å². The predicted octanol–water partition coefficient (Wildman–Crippen LogP) is 4.42. The molecule has 0 fully saturated rings. The Hall–Kier alpha value is -1.06. The van der Waals surface area contributed by atoms with Gasteiger partial charge in [0.1, 0.15) is 4.21 Å². The molecule has 0 atom stereocenters. The van der Waals surface area contributed by atoms with Crippen LogP contribution in [-0.2, 0) is 10.0 Å². The lowest BCUT2D eigenvalue weighted by molar-refractivity contribution is -0.384. The van der Waals surface area contributed by atoms with E-state index in [1.165, 1.54) is 18.2 Å². The number of sulfonamides is 1. The zero-order valence-electron chi connectivity index (χ0n) is 9.84. The van der Waals surface area contributed by atoms with Crippen molar-refractivity contribution in [3.05, 3.63) is 48.8 Å². The summed E-state index contributed by atoms with van der Waals surface area (Å²) >= 11 is 17.7. The van der Waals surface area contributed by atoms with Gasteiger partial charge in [-0.25, -0.2) is 8.42 Å². The van der Waals surface area contributed by atoms with Gasteiger partial charge in [-0.2, -0.15) is 0 Å². The lowest BCUT2D eigenvalue weighted by Gasteiger charge is -2.06. The van der Waals surface area contributed by atoms with Crippen LogP contribution in [0.15, 0.2) is 28.5 Å². The highest BCUT2D eigenvalue weighted by Crippen LogP contribution is 2.37. The van der Waals surface area contributed by atoms with E-state index in [2.05, 4.69) is 4.72 Å². The van der Waals surface area contributed by atoms with Crippen molar-refractivity contribution >= 4 is 67.5 Å². The van der Waals surface area contributed by atoms with E-state index in [1.807, 2.05) is 0 Å². The number of nitrogens with zero attached hydrogens (tertiary/aromatic N) is 1. The van der Waals surface area contributed by atoms with E-state index in [9.17, 15) is 18.5 Å². The summed E-state index contributed by atoms with van der Waals surface area (Å²) in [4.78, 5) is 9.93. The normalized spacial score (nSPS) is 11.4. The Kier molecular flexibility index (Phi) is 4.64. The van der Waals surface area contributed by atoms with Gasteiger partial charge in [0.15, 0.2) is 4.34 Å². The number of halogens is 3. The van der Waals surface area contributed by atoms with Crippen molar-refractivity contribution in [3.63, 3.8) is 0 Å². The predicted molar refractivity (Wildman–Crippen MR) is 83.3 cm³/mol. The first-order valence-electron chi connectivity index (χ1n) is 5.12. The van der Waals surface area contributed by atoms with E-state index in [0.717, 1.165) is 6.07 Å². The maximum atomic E-state index is 12.1. The number of anilines is 1. The van der Waals surface area contributed by atoms with Gasteiger partial charge in [0.05, 0.1) is 20.7 Å². The standard InChI is InChI=1S/C10H5Cl3N2O4S2/c11-6-2-1-5(3-7(6)12)14-21(18,19)9-4-8(15(16)17)10(13)20-9/h1-4,14H. The van der Waals surface area contributed by atoms with Gasteiger partial charge in [0.2, 0.25) is 0 Å². The first-order valence-corrected chi connectivity index (χ1v) is 8.55. The summed E-state index contributed by atoms with van der Waals surface area (Å²) in [5.74, 6) is 0. The molecule has 21 heavy (non-hydrogen) atoms. The van der Waals surface area contributed by atoms with Crippen LogP contribution in [0.5, 0.6) is 0 Å². The lowest BCUT2D eigenvalue weighted by atomic mass is 10.3. The average molecular weight is 388 g/mol. The molecule has 0 bridgehead atoms. The van der Waals surface area contributed by atoms with Crippen molar-refractivity contribution in [2.24, 2.45) is 0 Å². The van der Waals surface area contributed by atoms with Gasteiger partial charge in [-0.05, 0) is 18.2 Å². The van der Waals surface area contributed by atoms with Gasteiger partial charge in [-0.3, -0.25) is 14.8 Å². The molecule has 0 radical (unpaired) electrons. The van der Waals surface area contributed by atoms with Crippen molar-refractivity contribution in [3.8, 4) is 0 Å². The fourth-order valence-corrected chi connectivity index (χ4v) is 4.37. The number of hydrogen-bond donors (Lipinski definition) is 1. The second kappa shape index (κ2) is 5.98. The summed E-state index contributed by atoms with van der Waals surface area (Å²) < 4.78 is 26.0. The molecule has 1 N–H and O–H groups in total. The van der Waals surface area contributed by atoms with Crippen molar-refractivity contribution < 1.29 is 13.3 Å². The Balaban J connectivity index is 2.36. The maximum Gasteiger partial charge on any atom is 0.300 e. The molecule has 0 unspecified atom stereocenters. The molecule has 1 aromatic heterocycles. The van der Waals surface area contributed by atoms with E-state index in [0.29, 0.717) is 11.3 Å². The third-order valence-corrected chi connectivity index (χ3v) is 6.21. The van der Waals surface area contributed by atoms with Crippen LogP contribution >= 0.6 is 46.1 Å². The molecule has 6 nitrogen and oxygen atoms in total. The summed E-state index contributed by atoms with van der Waals surface area (Å²) in [5, 5.41) is 11.1. The Morgan fingerprint density at radius 3 is 2.33 bits per heavy atom. The zero-order valence-corrected chi connectivity index (χ0v) is 13.7. The third kappa shape index (κ3) is 3.58. The highest BCUT2D eigenvalue weighted by atomic mass is 35.5. The lowest BCUT2D eigenvalue weighted by Crippen LogP contribution is -2.11. The van der Waals surface area contributed by atoms with E-state index in [-0.39, 0.29) is 24.3 Å². The zero-order chi connectivity index (χ0) is 15.8. The van der Waals surface area contributed by atoms with Crippen LogP contribution in [0.1, 0.15) is 0 Å². The van der Waals surface area contributed by atoms with Crippen molar-refractivity contribution in [1.82, 2.24) is 0 Å². The van der Waals surface area contributed by atoms with Crippen LogP contribution in [0.4, 0.5) is 11.4 Å². The molecule has 0 aliphatic heterocycles. The minimum Gasteiger partial charge on any atom is -0.279 e. The first-order chi connectivity index (χ1) is 9.70. The number of nitrogens with one attached hydrogen (secondary N) is 1.